The lowest BCUT2D eigenvalue weighted by Gasteiger charge is -2.04. The molecule has 0 spiro atoms. The number of isocyanates is 1. The molecule has 0 saturated heterocycles. The van der Waals surface area contributed by atoms with Gasteiger partial charge in [-0.15, -0.1) is 0 Å². The van der Waals surface area contributed by atoms with Crippen LogP contribution in [0.2, 0.25) is 0 Å². The van der Waals surface area contributed by atoms with Crippen LogP contribution < -0.4 is 10.5 Å². The van der Waals surface area contributed by atoms with Crippen molar-refractivity contribution in [3.8, 4) is 5.75 Å². The van der Waals surface area contributed by atoms with E-state index in [1.165, 1.54) is 6.08 Å². The molecule has 68 valence electrons. The molecule has 0 saturated carbocycles. The van der Waals surface area contributed by atoms with Crippen molar-refractivity contribution in [1.82, 2.24) is 0 Å². The molecule has 0 bridgehead atoms. The molecule has 1 aromatic carbocycles. The molecule has 4 heteroatoms. The molecule has 1 aromatic rings. The van der Waals surface area contributed by atoms with Crippen molar-refractivity contribution in [2.24, 2.45) is 4.99 Å². The topological polar surface area (TPSA) is 64.7 Å². The van der Waals surface area contributed by atoms with E-state index in [1.807, 2.05) is 0 Å². The summed E-state index contributed by atoms with van der Waals surface area (Å²) in [4.78, 5) is 13.3. The summed E-state index contributed by atoms with van der Waals surface area (Å²) in [5.41, 5.74) is 7.04. The van der Waals surface area contributed by atoms with Crippen LogP contribution in [0, 0.1) is 0 Å². The second-order valence-corrected chi connectivity index (χ2v) is 2.48. The monoisotopic (exact) mass is 178 g/mol. The summed E-state index contributed by atoms with van der Waals surface area (Å²) < 4.78 is 4.97. The minimum absolute atomic E-state index is 0.303. The standard InChI is InChI=1S/C9H10N2O2/c1-13-9-3-2-7(4-8(9)10)5-11-6-12/h2-4H,5,10H2,1H3. The van der Waals surface area contributed by atoms with Gasteiger partial charge >= 0.3 is 0 Å². The number of carbonyl (C=O) groups excluding carboxylic acids is 1. The molecule has 0 amide bonds. The van der Waals surface area contributed by atoms with Gasteiger partial charge in [-0.3, -0.25) is 0 Å². The fraction of sp³-hybridized carbons (Fsp3) is 0.222. The molecule has 4 nitrogen and oxygen atoms in total. The summed E-state index contributed by atoms with van der Waals surface area (Å²) in [5.74, 6) is 0.624. The number of aliphatic imine (C=N–C) groups is 1. The molecule has 2 N–H and O–H groups in total. The summed E-state index contributed by atoms with van der Waals surface area (Å²) in [5, 5.41) is 0. The van der Waals surface area contributed by atoms with Crippen LogP contribution in [0.5, 0.6) is 5.75 Å². The molecular weight excluding hydrogens is 168 g/mol. The molecule has 0 aliphatic carbocycles. The highest BCUT2D eigenvalue weighted by Crippen LogP contribution is 2.21. The Morgan fingerprint density at radius 3 is 2.92 bits per heavy atom. The summed E-state index contributed by atoms with van der Waals surface area (Å²) in [7, 11) is 1.55. The molecule has 0 aliphatic heterocycles. The Hall–Kier alpha value is -1.80. The van der Waals surface area contributed by atoms with Crippen LogP contribution >= 0.6 is 0 Å². The smallest absolute Gasteiger partial charge is 0.235 e. The lowest BCUT2D eigenvalue weighted by Crippen LogP contribution is -1.93. The van der Waals surface area contributed by atoms with Crippen molar-refractivity contribution < 1.29 is 9.53 Å². The number of hydrogen-bond donors (Lipinski definition) is 1. The van der Waals surface area contributed by atoms with Gasteiger partial charge in [-0.1, -0.05) is 6.07 Å². The number of nitrogens with zero attached hydrogens (tertiary/aromatic N) is 1. The second-order valence-electron chi connectivity index (χ2n) is 2.48. The third-order valence-corrected chi connectivity index (χ3v) is 1.62. The van der Waals surface area contributed by atoms with E-state index >= 15 is 0 Å². The number of methoxy groups -OCH3 is 1. The average molecular weight is 178 g/mol. The van der Waals surface area contributed by atoms with Crippen molar-refractivity contribution in [2.75, 3.05) is 12.8 Å². The van der Waals surface area contributed by atoms with Crippen molar-refractivity contribution in [3.05, 3.63) is 23.8 Å². The Balaban J connectivity index is 2.88. The lowest BCUT2D eigenvalue weighted by atomic mass is 10.2. The SMILES string of the molecule is COc1ccc(CN=C=O)cc1N. The van der Waals surface area contributed by atoms with Crippen LogP contribution in [0.4, 0.5) is 5.69 Å². The molecule has 0 atom stereocenters. The van der Waals surface area contributed by atoms with Gasteiger partial charge in [-0.2, -0.15) is 0 Å². The van der Waals surface area contributed by atoms with E-state index in [0.29, 0.717) is 18.0 Å². The number of nitrogen functional groups attached to an aromatic ring is 1. The minimum Gasteiger partial charge on any atom is -0.495 e. The van der Waals surface area contributed by atoms with Crippen molar-refractivity contribution in [2.45, 2.75) is 6.54 Å². The fourth-order valence-electron chi connectivity index (χ4n) is 1.01. The van der Waals surface area contributed by atoms with Crippen LogP contribution in [-0.2, 0) is 11.3 Å². The minimum atomic E-state index is 0.303. The van der Waals surface area contributed by atoms with E-state index in [9.17, 15) is 4.79 Å². The zero-order valence-corrected chi connectivity index (χ0v) is 7.28. The number of anilines is 1. The van der Waals surface area contributed by atoms with Gasteiger partial charge in [-0.25, -0.2) is 9.79 Å². The quantitative estimate of drug-likeness (QED) is 0.428. The van der Waals surface area contributed by atoms with E-state index in [4.69, 9.17) is 10.5 Å². The van der Waals surface area contributed by atoms with E-state index in [-0.39, 0.29) is 0 Å². The first-order valence-electron chi connectivity index (χ1n) is 3.74. The number of ether oxygens (including phenoxy) is 1. The van der Waals surface area contributed by atoms with Crippen molar-refractivity contribution in [1.29, 1.82) is 0 Å². The second kappa shape index (κ2) is 4.28. The van der Waals surface area contributed by atoms with Crippen LogP contribution in [0.3, 0.4) is 0 Å². The molecule has 0 aromatic heterocycles. The van der Waals surface area contributed by atoms with Gasteiger partial charge in [0.05, 0.1) is 19.3 Å². The predicted molar refractivity (Wildman–Crippen MR) is 49.2 cm³/mol. The van der Waals surface area contributed by atoms with E-state index in [1.54, 1.807) is 25.3 Å². The van der Waals surface area contributed by atoms with E-state index in [2.05, 4.69) is 4.99 Å². The molecular formula is C9H10N2O2. The van der Waals surface area contributed by atoms with Crippen LogP contribution in [0.25, 0.3) is 0 Å². The highest BCUT2D eigenvalue weighted by molar-refractivity contribution is 5.54. The molecule has 13 heavy (non-hydrogen) atoms. The summed E-state index contributed by atoms with van der Waals surface area (Å²) in [6.45, 7) is 0.303. The first-order chi connectivity index (χ1) is 6.27. The molecule has 0 aliphatic rings. The number of nitrogens with two attached hydrogens (primary N) is 1. The predicted octanol–water partition coefficient (Wildman–Crippen LogP) is 1.11. The summed E-state index contributed by atoms with van der Waals surface area (Å²) in [6, 6.07) is 5.26. The average Bonchev–Trinajstić information content (AvgIpc) is 2.15. The van der Waals surface area contributed by atoms with E-state index in [0.717, 1.165) is 5.56 Å². The Bertz CT molecular complexity index is 343. The van der Waals surface area contributed by atoms with Gasteiger partial charge < -0.3 is 10.5 Å². The third kappa shape index (κ3) is 2.32. The zero-order valence-electron chi connectivity index (χ0n) is 7.28. The van der Waals surface area contributed by atoms with Crippen LogP contribution in [-0.4, -0.2) is 13.2 Å². The number of rotatable bonds is 3. The zero-order chi connectivity index (χ0) is 9.68. The van der Waals surface area contributed by atoms with Crippen LogP contribution in [0.15, 0.2) is 23.2 Å². The molecule has 0 radical (unpaired) electrons. The molecule has 0 fully saturated rings. The lowest BCUT2D eigenvalue weighted by molar-refractivity contribution is 0.417. The Morgan fingerprint density at radius 2 is 2.38 bits per heavy atom. The van der Waals surface area contributed by atoms with Gasteiger partial charge in [0.15, 0.2) is 0 Å². The maximum Gasteiger partial charge on any atom is 0.235 e. The van der Waals surface area contributed by atoms with Gasteiger partial charge in [-0.05, 0) is 17.7 Å². The highest BCUT2D eigenvalue weighted by atomic mass is 16.5. The normalized spacial score (nSPS) is 9.00. The van der Waals surface area contributed by atoms with Crippen molar-refractivity contribution >= 4 is 11.8 Å². The van der Waals surface area contributed by atoms with Gasteiger partial charge in [0, 0.05) is 0 Å². The van der Waals surface area contributed by atoms with Crippen molar-refractivity contribution in [3.63, 3.8) is 0 Å². The Labute approximate surface area is 76.0 Å². The maximum atomic E-state index is 9.84. The highest BCUT2D eigenvalue weighted by Gasteiger charge is 1.99. The first-order valence-corrected chi connectivity index (χ1v) is 3.74. The third-order valence-electron chi connectivity index (χ3n) is 1.62. The summed E-state index contributed by atoms with van der Waals surface area (Å²) in [6.07, 6.45) is 1.47. The van der Waals surface area contributed by atoms with Gasteiger partial charge in [0.2, 0.25) is 6.08 Å². The molecule has 0 heterocycles. The van der Waals surface area contributed by atoms with Crippen LogP contribution in [0.1, 0.15) is 5.56 Å². The maximum absolute atomic E-state index is 9.84. The van der Waals surface area contributed by atoms with E-state index < -0.39 is 0 Å². The Morgan fingerprint density at radius 1 is 1.62 bits per heavy atom. The number of hydrogen-bond acceptors (Lipinski definition) is 4. The molecule has 1 rings (SSSR count). The number of benzene rings is 1. The Kier molecular flexibility index (Phi) is 3.06. The first kappa shape index (κ1) is 9.29. The van der Waals surface area contributed by atoms with Gasteiger partial charge in [0.1, 0.15) is 5.75 Å². The molecule has 0 unspecified atom stereocenters. The summed E-state index contributed by atoms with van der Waals surface area (Å²) >= 11 is 0. The largest absolute Gasteiger partial charge is 0.495 e. The van der Waals surface area contributed by atoms with Gasteiger partial charge in [0.25, 0.3) is 0 Å². The fourth-order valence-corrected chi connectivity index (χ4v) is 1.01.